The number of carbonyl (C=O) groups is 6. The van der Waals surface area contributed by atoms with E-state index in [4.69, 9.17) is 16.2 Å². The van der Waals surface area contributed by atoms with Crippen LogP contribution in [0.5, 0.6) is 11.5 Å². The van der Waals surface area contributed by atoms with Crippen molar-refractivity contribution in [3.63, 3.8) is 0 Å². The number of amidine groups is 1. The number of amides is 6. The van der Waals surface area contributed by atoms with Crippen LogP contribution >= 0.6 is 0 Å². The molecule has 1 unspecified atom stereocenters. The zero-order valence-electron chi connectivity index (χ0n) is 36.6. The normalized spacial score (nSPS) is 25.0. The Morgan fingerprint density at radius 3 is 2.09 bits per heavy atom. The van der Waals surface area contributed by atoms with Crippen LogP contribution in [0.3, 0.4) is 0 Å². The van der Waals surface area contributed by atoms with Crippen LogP contribution in [0, 0.1) is 11.8 Å². The van der Waals surface area contributed by atoms with Crippen molar-refractivity contribution in [2.45, 2.75) is 75.9 Å². The van der Waals surface area contributed by atoms with Gasteiger partial charge in [-0.05, 0) is 123 Å². The molecule has 6 N–H and O–H groups in total. The fourth-order valence-electron chi connectivity index (χ4n) is 10.6. The number of hydrogen-bond acceptors (Lipinski definition) is 12. The summed E-state index contributed by atoms with van der Waals surface area (Å²) in [4.78, 5) is 89.6. The molecule has 4 fully saturated rings. The number of para-hydroxylation sites is 1. The first-order valence-corrected chi connectivity index (χ1v) is 23.1. The summed E-state index contributed by atoms with van der Waals surface area (Å²) >= 11 is 0. The molecule has 16 nitrogen and oxygen atoms in total. The van der Waals surface area contributed by atoms with Gasteiger partial charge in [0.15, 0.2) is 0 Å². The van der Waals surface area contributed by atoms with Crippen LogP contribution in [-0.4, -0.2) is 131 Å². The van der Waals surface area contributed by atoms with Crippen molar-refractivity contribution >= 4 is 47.0 Å². The number of nitrogens with zero attached hydrogens (tertiary/aromatic N) is 5. The molecule has 5 aliphatic heterocycles. The summed E-state index contributed by atoms with van der Waals surface area (Å²) in [5, 5.41) is 5.79. The van der Waals surface area contributed by atoms with Crippen LogP contribution in [-0.2, 0) is 14.4 Å². The molecule has 3 aromatic carbocycles. The maximum Gasteiger partial charge on any atom is 0.262 e. The van der Waals surface area contributed by atoms with Gasteiger partial charge < -0.3 is 31.3 Å². The maximum absolute atomic E-state index is 13.6. The fraction of sp³-hybridized carbons (Fsp3) is 0.449. The summed E-state index contributed by atoms with van der Waals surface area (Å²) < 4.78 is 5.92. The largest absolute Gasteiger partial charge is 0.457 e. The smallest absolute Gasteiger partial charge is 0.262 e. The summed E-state index contributed by atoms with van der Waals surface area (Å²) in [7, 11) is 0. The third-order valence-electron chi connectivity index (χ3n) is 14.3. The molecule has 1 aliphatic carbocycles. The van der Waals surface area contributed by atoms with Gasteiger partial charge in [-0.25, -0.2) is 0 Å². The fourth-order valence-corrected chi connectivity index (χ4v) is 10.6. The van der Waals surface area contributed by atoms with Crippen molar-refractivity contribution < 1.29 is 33.5 Å². The van der Waals surface area contributed by atoms with E-state index in [0.717, 1.165) is 88.3 Å². The number of benzene rings is 3. The molecular weight excluding hydrogens is 827 g/mol. The predicted octanol–water partition coefficient (Wildman–Crippen LogP) is 3.52. The van der Waals surface area contributed by atoms with Crippen molar-refractivity contribution in [3.05, 3.63) is 101 Å². The minimum absolute atomic E-state index is 0.0451. The van der Waals surface area contributed by atoms with Gasteiger partial charge in [-0.1, -0.05) is 18.2 Å². The van der Waals surface area contributed by atoms with E-state index in [1.165, 1.54) is 12.1 Å². The summed E-state index contributed by atoms with van der Waals surface area (Å²) in [5.41, 5.74) is 14.3. The van der Waals surface area contributed by atoms with Crippen LogP contribution in [0.2, 0.25) is 0 Å². The first-order valence-electron chi connectivity index (χ1n) is 23.1. The zero-order chi connectivity index (χ0) is 45.2. The summed E-state index contributed by atoms with van der Waals surface area (Å²) in [5.74, 6) is -0.274. The van der Waals surface area contributed by atoms with E-state index in [0.29, 0.717) is 60.2 Å². The van der Waals surface area contributed by atoms with E-state index in [1.54, 1.807) is 6.07 Å². The lowest BCUT2D eigenvalue weighted by atomic mass is 9.79. The number of primary amides is 1. The first kappa shape index (κ1) is 43.8. The van der Waals surface area contributed by atoms with E-state index in [1.807, 2.05) is 59.5 Å². The molecule has 0 aromatic heterocycles. The highest BCUT2D eigenvalue weighted by atomic mass is 16.5. The minimum atomic E-state index is -1.05. The molecule has 5 heterocycles. The summed E-state index contributed by atoms with van der Waals surface area (Å²) in [6.45, 7) is 6.97. The number of piperidine rings is 2. The molecule has 340 valence electrons. The number of aliphatic imine (C=N–C) groups is 1. The number of ether oxygens (including phenoxy) is 1. The second-order valence-corrected chi connectivity index (χ2v) is 18.2. The lowest BCUT2D eigenvalue weighted by Gasteiger charge is -2.44. The van der Waals surface area contributed by atoms with E-state index < -0.39 is 35.6 Å². The predicted molar refractivity (Wildman–Crippen MR) is 243 cm³/mol. The Labute approximate surface area is 378 Å². The van der Waals surface area contributed by atoms with E-state index in [-0.39, 0.29) is 47.2 Å². The van der Waals surface area contributed by atoms with Crippen molar-refractivity contribution in [1.82, 2.24) is 30.2 Å². The highest BCUT2D eigenvalue weighted by Crippen LogP contribution is 2.34. The Kier molecular flexibility index (Phi) is 12.8. The van der Waals surface area contributed by atoms with Gasteiger partial charge in [-0.15, -0.1) is 0 Å². The van der Waals surface area contributed by atoms with Crippen molar-refractivity contribution in [2.24, 2.45) is 28.3 Å². The Balaban J connectivity index is 0.709. The molecule has 9 rings (SSSR count). The van der Waals surface area contributed by atoms with Crippen LogP contribution < -0.4 is 26.8 Å². The van der Waals surface area contributed by atoms with Crippen LogP contribution in [0.1, 0.15) is 94.4 Å². The quantitative estimate of drug-likeness (QED) is 0.162. The molecule has 3 aromatic rings. The third-order valence-corrected chi connectivity index (χ3v) is 14.3. The Hall–Kier alpha value is -6.39. The molecule has 0 spiro atoms. The standard InChI is InChI=1S/C49H57N9O7/c50-43(32-8-13-36(14-9-32)65-35-4-2-1-3-5-35)42(44(51)60)45-52-21-18-39(53-45)31-6-11-34(12-7-31)56-26-24-55(25-27-56)29-30-19-22-57(23-20-30)47(62)33-10-15-37-38(28-33)49(64)58(48(37)63)40-16-17-41(59)54-46(40)61/h1-5,8-10,13-15,28,30-31,34,39-40H,6-7,11-12,16-27,29,50H2,(H2,51,60)(H,52,53)(H,54,59,61)/t31?,34?,39-,40?/m0/s1. The van der Waals surface area contributed by atoms with Gasteiger partial charge in [0.25, 0.3) is 23.6 Å². The van der Waals surface area contributed by atoms with Gasteiger partial charge in [0.2, 0.25) is 11.8 Å². The van der Waals surface area contributed by atoms with E-state index in [9.17, 15) is 28.8 Å². The summed E-state index contributed by atoms with van der Waals surface area (Å²) in [6.07, 6.45) is 7.27. The molecule has 1 saturated carbocycles. The number of nitrogens with one attached hydrogen (secondary N) is 2. The Bertz CT molecular complexity index is 2400. The monoisotopic (exact) mass is 883 g/mol. The highest BCUT2D eigenvalue weighted by Gasteiger charge is 2.45. The number of likely N-dealkylation sites (tertiary alicyclic amines) is 1. The lowest BCUT2D eigenvalue weighted by Crippen LogP contribution is -2.54. The van der Waals surface area contributed by atoms with Crippen LogP contribution in [0.25, 0.3) is 5.70 Å². The molecule has 65 heavy (non-hydrogen) atoms. The molecular formula is C49H57N9O7. The maximum atomic E-state index is 13.6. The second kappa shape index (κ2) is 19.0. The van der Waals surface area contributed by atoms with Crippen LogP contribution in [0.15, 0.2) is 83.4 Å². The van der Waals surface area contributed by atoms with Crippen molar-refractivity contribution in [3.8, 4) is 11.5 Å². The highest BCUT2D eigenvalue weighted by molar-refractivity contribution is 6.25. The SMILES string of the molecule is NC(=O)C(C1=NCC[C@@H](C2CCC(N3CCN(CC4CCN(C(=O)c5ccc6c(c5)C(=O)N(C5CCC(=O)NC5=O)C6=O)CC4)CC3)CC2)N1)=C(N)c1ccc(Oc2ccccc2)cc1. The van der Waals surface area contributed by atoms with Gasteiger partial charge in [0.1, 0.15) is 28.9 Å². The van der Waals surface area contributed by atoms with Crippen molar-refractivity contribution in [1.29, 1.82) is 0 Å². The van der Waals surface area contributed by atoms with Gasteiger partial charge >= 0.3 is 0 Å². The average Bonchev–Trinajstić information content (AvgIpc) is 3.57. The van der Waals surface area contributed by atoms with E-state index in [2.05, 4.69) is 25.4 Å². The van der Waals surface area contributed by atoms with Gasteiger partial charge in [-0.3, -0.25) is 48.9 Å². The lowest BCUT2D eigenvalue weighted by molar-refractivity contribution is -0.136. The number of nitrogens with two attached hydrogens (primary N) is 2. The second-order valence-electron chi connectivity index (χ2n) is 18.2. The van der Waals surface area contributed by atoms with Crippen LogP contribution in [0.4, 0.5) is 0 Å². The first-order chi connectivity index (χ1) is 31.5. The number of rotatable bonds is 11. The molecule has 3 saturated heterocycles. The molecule has 0 radical (unpaired) electrons. The molecule has 0 bridgehead atoms. The van der Waals surface area contributed by atoms with Gasteiger partial charge in [0, 0.05) is 76.4 Å². The third kappa shape index (κ3) is 9.41. The van der Waals surface area contributed by atoms with Gasteiger partial charge in [0.05, 0.1) is 16.8 Å². The van der Waals surface area contributed by atoms with Gasteiger partial charge in [-0.2, -0.15) is 0 Å². The molecule has 2 atom stereocenters. The topological polar surface area (TPSA) is 213 Å². The molecule has 6 aliphatic rings. The van der Waals surface area contributed by atoms with Crippen molar-refractivity contribution in [2.75, 3.05) is 52.4 Å². The minimum Gasteiger partial charge on any atom is -0.457 e. The number of imide groups is 2. The van der Waals surface area contributed by atoms with E-state index >= 15 is 0 Å². The Morgan fingerprint density at radius 1 is 0.723 bits per heavy atom. The Morgan fingerprint density at radius 2 is 1.40 bits per heavy atom. The number of piperazine rings is 1. The molecule has 6 amide bonds. The number of fused-ring (bicyclic) bond motifs is 1. The number of hydrogen-bond donors (Lipinski definition) is 4. The summed E-state index contributed by atoms with van der Waals surface area (Å²) in [6, 6.07) is 21.0. The average molecular weight is 884 g/mol. The number of carbonyl (C=O) groups excluding carboxylic acids is 6. The molecule has 16 heteroatoms. The zero-order valence-corrected chi connectivity index (χ0v) is 36.6.